The minimum atomic E-state index is 0.213. The van der Waals surface area contributed by atoms with Gasteiger partial charge in [0.25, 0.3) is 0 Å². The Morgan fingerprint density at radius 3 is 2.32 bits per heavy atom. The summed E-state index contributed by atoms with van der Waals surface area (Å²) in [5, 5.41) is 3.70. The zero-order valence-electron chi connectivity index (χ0n) is 13.0. The Bertz CT molecular complexity index is 394. The largest absolute Gasteiger partial charge is 0.385 e. The van der Waals surface area contributed by atoms with E-state index in [0.29, 0.717) is 0 Å². The first-order valence-corrected chi connectivity index (χ1v) is 7.80. The van der Waals surface area contributed by atoms with Crippen molar-refractivity contribution in [3.05, 3.63) is 29.8 Å². The van der Waals surface area contributed by atoms with Crippen LogP contribution in [-0.2, 0) is 5.41 Å². The number of anilines is 1. The molecule has 1 aliphatic carbocycles. The molecular weight excluding hydrogens is 230 g/mol. The summed E-state index contributed by atoms with van der Waals surface area (Å²) in [5.41, 5.74) is 2.97. The van der Waals surface area contributed by atoms with Gasteiger partial charge in [0.2, 0.25) is 0 Å². The third-order valence-electron chi connectivity index (χ3n) is 4.45. The lowest BCUT2D eigenvalue weighted by Crippen LogP contribution is -2.22. The summed E-state index contributed by atoms with van der Waals surface area (Å²) in [7, 11) is 0. The maximum Gasteiger partial charge on any atom is 0.0378 e. The molecular formula is C18H29N. The van der Waals surface area contributed by atoms with Crippen LogP contribution in [0.25, 0.3) is 0 Å². The summed E-state index contributed by atoms with van der Waals surface area (Å²) in [6.45, 7) is 10.4. The van der Waals surface area contributed by atoms with Crippen LogP contribution < -0.4 is 5.32 Å². The molecule has 1 nitrogen and oxygen atoms in total. The summed E-state index contributed by atoms with van der Waals surface area (Å²) >= 11 is 0. The average molecular weight is 259 g/mol. The molecule has 1 heteroatoms. The molecule has 2 rings (SSSR count). The lowest BCUT2D eigenvalue weighted by atomic mass is 9.82. The van der Waals surface area contributed by atoms with E-state index in [1.54, 1.807) is 0 Å². The molecule has 0 aliphatic heterocycles. The highest BCUT2D eigenvalue weighted by molar-refractivity contribution is 5.54. The summed E-state index contributed by atoms with van der Waals surface area (Å²) in [6, 6.07) is 8.77. The highest BCUT2D eigenvalue weighted by Gasteiger charge is 2.20. The molecule has 106 valence electrons. The lowest BCUT2D eigenvalue weighted by Gasteiger charge is -2.28. The van der Waals surface area contributed by atoms with E-state index in [9.17, 15) is 0 Å². The third kappa shape index (κ3) is 3.99. The van der Waals surface area contributed by atoms with Crippen LogP contribution in [0.15, 0.2) is 24.3 Å². The maximum absolute atomic E-state index is 3.70. The van der Waals surface area contributed by atoms with Crippen LogP contribution in [-0.4, -0.2) is 6.54 Å². The molecule has 0 spiro atoms. The van der Waals surface area contributed by atoms with E-state index in [-0.39, 0.29) is 5.41 Å². The van der Waals surface area contributed by atoms with Gasteiger partial charge in [0.1, 0.15) is 0 Å². The first-order valence-electron chi connectivity index (χ1n) is 7.80. The minimum absolute atomic E-state index is 0.213. The van der Waals surface area contributed by atoms with Gasteiger partial charge in [0.15, 0.2) is 0 Å². The van der Waals surface area contributed by atoms with Gasteiger partial charge in [0.05, 0.1) is 0 Å². The molecule has 0 atom stereocenters. The molecule has 1 aromatic rings. The third-order valence-corrected chi connectivity index (χ3v) is 4.45. The van der Waals surface area contributed by atoms with Gasteiger partial charge in [-0.15, -0.1) is 0 Å². The van der Waals surface area contributed by atoms with E-state index < -0.39 is 0 Å². The van der Waals surface area contributed by atoms with E-state index in [2.05, 4.69) is 57.3 Å². The van der Waals surface area contributed by atoms with Gasteiger partial charge < -0.3 is 5.32 Å². The average Bonchev–Trinajstić information content (AvgIpc) is 2.37. The van der Waals surface area contributed by atoms with E-state index >= 15 is 0 Å². The Hall–Kier alpha value is -0.980. The fourth-order valence-electron chi connectivity index (χ4n) is 3.08. The monoisotopic (exact) mass is 259 g/mol. The molecule has 1 aliphatic rings. The van der Waals surface area contributed by atoms with Crippen molar-refractivity contribution in [2.24, 2.45) is 11.8 Å². The zero-order valence-corrected chi connectivity index (χ0v) is 13.0. The summed E-state index contributed by atoms with van der Waals surface area (Å²) in [6.07, 6.45) is 5.61. The van der Waals surface area contributed by atoms with Crippen molar-refractivity contribution in [2.75, 3.05) is 11.9 Å². The second kappa shape index (κ2) is 5.98. The molecule has 1 N–H and O–H groups in total. The van der Waals surface area contributed by atoms with Gasteiger partial charge >= 0.3 is 0 Å². The Kier molecular flexibility index (Phi) is 4.54. The van der Waals surface area contributed by atoms with Crippen LogP contribution in [0.5, 0.6) is 0 Å². The highest BCUT2D eigenvalue weighted by Crippen LogP contribution is 2.31. The van der Waals surface area contributed by atoms with Gasteiger partial charge in [-0.05, 0) is 41.7 Å². The Labute approximate surface area is 118 Å². The lowest BCUT2D eigenvalue weighted by molar-refractivity contribution is 0.300. The topological polar surface area (TPSA) is 12.0 Å². The van der Waals surface area contributed by atoms with Crippen molar-refractivity contribution in [3.8, 4) is 0 Å². The molecule has 1 saturated carbocycles. The van der Waals surface area contributed by atoms with Gasteiger partial charge in [0, 0.05) is 12.2 Å². The second-order valence-electron chi connectivity index (χ2n) is 7.30. The number of hydrogen-bond donors (Lipinski definition) is 1. The molecule has 0 unspecified atom stereocenters. The Morgan fingerprint density at radius 2 is 1.68 bits per heavy atom. The number of nitrogens with one attached hydrogen (secondary N) is 1. The molecule has 0 radical (unpaired) electrons. The van der Waals surface area contributed by atoms with Crippen LogP contribution in [0.1, 0.15) is 58.9 Å². The number of benzene rings is 1. The molecule has 0 amide bonds. The van der Waals surface area contributed by atoms with Crippen molar-refractivity contribution >= 4 is 5.69 Å². The smallest absolute Gasteiger partial charge is 0.0378 e. The summed E-state index contributed by atoms with van der Waals surface area (Å²) in [5.74, 6) is 1.81. The number of rotatable bonds is 3. The predicted octanol–water partition coefficient (Wildman–Crippen LogP) is 5.22. The molecule has 0 bridgehead atoms. The highest BCUT2D eigenvalue weighted by atomic mass is 14.9. The molecule has 1 aromatic carbocycles. The zero-order chi connectivity index (χ0) is 13.9. The van der Waals surface area contributed by atoms with Crippen LogP contribution in [0.3, 0.4) is 0 Å². The van der Waals surface area contributed by atoms with Gasteiger partial charge in [-0.2, -0.15) is 0 Å². The number of hydrogen-bond acceptors (Lipinski definition) is 1. The summed E-state index contributed by atoms with van der Waals surface area (Å²) in [4.78, 5) is 0. The quantitative estimate of drug-likeness (QED) is 0.784. The molecule has 0 heterocycles. The second-order valence-corrected chi connectivity index (χ2v) is 7.30. The maximum atomic E-state index is 3.70. The number of para-hydroxylation sites is 1. The summed E-state index contributed by atoms with van der Waals surface area (Å²) < 4.78 is 0. The first-order chi connectivity index (χ1) is 8.97. The van der Waals surface area contributed by atoms with Gasteiger partial charge in [-0.25, -0.2) is 0 Å². The molecule has 19 heavy (non-hydrogen) atoms. The van der Waals surface area contributed by atoms with Crippen molar-refractivity contribution < 1.29 is 0 Å². The van der Waals surface area contributed by atoms with E-state index in [1.165, 1.54) is 36.9 Å². The molecule has 0 saturated heterocycles. The normalized spacial score (nSPS) is 24.2. The van der Waals surface area contributed by atoms with Crippen molar-refractivity contribution in [2.45, 2.75) is 58.8 Å². The van der Waals surface area contributed by atoms with E-state index in [4.69, 9.17) is 0 Å². The Morgan fingerprint density at radius 1 is 1.05 bits per heavy atom. The predicted molar refractivity (Wildman–Crippen MR) is 84.8 cm³/mol. The van der Waals surface area contributed by atoms with Crippen molar-refractivity contribution in [1.82, 2.24) is 0 Å². The van der Waals surface area contributed by atoms with Crippen LogP contribution in [0, 0.1) is 11.8 Å². The van der Waals surface area contributed by atoms with E-state index in [0.717, 1.165) is 18.4 Å². The standard InChI is InChI=1S/C18H29N/c1-14-9-11-15(12-10-14)13-19-17-8-6-5-7-16(17)18(2,3)4/h5-8,14-15,19H,9-13H2,1-4H3. The minimum Gasteiger partial charge on any atom is -0.385 e. The van der Waals surface area contributed by atoms with Crippen LogP contribution in [0.2, 0.25) is 0 Å². The van der Waals surface area contributed by atoms with Gasteiger partial charge in [-0.1, -0.05) is 58.7 Å². The van der Waals surface area contributed by atoms with Crippen molar-refractivity contribution in [1.29, 1.82) is 0 Å². The fraction of sp³-hybridized carbons (Fsp3) is 0.667. The fourth-order valence-corrected chi connectivity index (χ4v) is 3.08. The SMILES string of the molecule is CC1CCC(CNc2ccccc2C(C)(C)C)CC1. The Balaban J connectivity index is 1.96. The van der Waals surface area contributed by atoms with Crippen LogP contribution >= 0.6 is 0 Å². The van der Waals surface area contributed by atoms with Crippen LogP contribution in [0.4, 0.5) is 5.69 Å². The van der Waals surface area contributed by atoms with Gasteiger partial charge in [-0.3, -0.25) is 0 Å². The first kappa shape index (κ1) is 14.4. The van der Waals surface area contributed by atoms with E-state index in [1.807, 2.05) is 0 Å². The molecule has 1 fully saturated rings. The van der Waals surface area contributed by atoms with Crippen molar-refractivity contribution in [3.63, 3.8) is 0 Å². The molecule has 0 aromatic heterocycles.